The molecule has 0 aromatic heterocycles. The van der Waals surface area contributed by atoms with Gasteiger partial charge in [-0.3, -0.25) is 0 Å². The molecular weight excluding hydrogens is 370 g/mol. The van der Waals surface area contributed by atoms with Gasteiger partial charge in [-0.15, -0.1) is 6.58 Å². The maximum atomic E-state index is 11.7. The van der Waals surface area contributed by atoms with Crippen LogP contribution in [0.25, 0.3) is 21.5 Å². The van der Waals surface area contributed by atoms with Crippen LogP contribution in [0.5, 0.6) is 0 Å². The van der Waals surface area contributed by atoms with E-state index in [1.807, 2.05) is 36.4 Å². The zero-order valence-corrected chi connectivity index (χ0v) is 18.0. The number of hydrogen-bond acceptors (Lipinski definition) is 3. The standard InChI is InChI=1S/C17H14O3S.Rb/c1-2-5-12-8-9-15-10-13-6-3-4-7-14(13)11-16(15)17(12)21(18,19)20;/h2-4,6-11H,1,5H2,(H,18,19,20);/q;+1/p-1. The van der Waals surface area contributed by atoms with Gasteiger partial charge in [0, 0.05) is 5.39 Å². The van der Waals surface area contributed by atoms with Gasteiger partial charge in [-0.25, -0.2) is 8.42 Å². The molecule has 0 bridgehead atoms. The number of fused-ring (bicyclic) bond motifs is 2. The fraction of sp³-hybridized carbons (Fsp3) is 0.0588. The molecule has 3 rings (SSSR count). The van der Waals surface area contributed by atoms with Gasteiger partial charge in [0.2, 0.25) is 0 Å². The van der Waals surface area contributed by atoms with E-state index in [0.29, 0.717) is 17.4 Å². The van der Waals surface area contributed by atoms with Crippen molar-refractivity contribution in [3.63, 3.8) is 0 Å². The largest absolute Gasteiger partial charge is 1.00 e. The Morgan fingerprint density at radius 1 is 1.00 bits per heavy atom. The van der Waals surface area contributed by atoms with Crippen molar-refractivity contribution < 1.29 is 71.2 Å². The molecule has 3 aromatic rings. The van der Waals surface area contributed by atoms with E-state index in [1.54, 1.807) is 18.2 Å². The van der Waals surface area contributed by atoms with Gasteiger partial charge in [0.15, 0.2) is 0 Å². The maximum absolute atomic E-state index is 11.7. The van der Waals surface area contributed by atoms with E-state index < -0.39 is 10.1 Å². The fourth-order valence-corrected chi connectivity index (χ4v) is 3.56. The van der Waals surface area contributed by atoms with Gasteiger partial charge in [0.25, 0.3) is 0 Å². The minimum absolute atomic E-state index is 0. The second-order valence-corrected chi connectivity index (χ2v) is 6.24. The summed E-state index contributed by atoms with van der Waals surface area (Å²) >= 11 is 0. The summed E-state index contributed by atoms with van der Waals surface area (Å²) in [7, 11) is -4.55. The molecule has 0 aliphatic heterocycles. The van der Waals surface area contributed by atoms with E-state index in [4.69, 9.17) is 0 Å². The van der Waals surface area contributed by atoms with E-state index in [0.717, 1.165) is 16.2 Å². The summed E-state index contributed by atoms with van der Waals surface area (Å²) in [6.07, 6.45) is 1.94. The third-order valence-corrected chi connectivity index (χ3v) is 4.51. The number of benzene rings is 3. The molecule has 0 unspecified atom stereocenters. The normalized spacial score (nSPS) is 11.3. The Hall–Kier alpha value is -0.365. The van der Waals surface area contributed by atoms with E-state index in [9.17, 15) is 13.0 Å². The number of hydrogen-bond donors (Lipinski definition) is 0. The molecule has 0 spiro atoms. The van der Waals surface area contributed by atoms with Crippen molar-refractivity contribution >= 4 is 31.7 Å². The molecule has 0 amide bonds. The predicted octanol–water partition coefficient (Wildman–Crippen LogP) is 0.630. The van der Waals surface area contributed by atoms with Crippen LogP contribution >= 0.6 is 0 Å². The van der Waals surface area contributed by atoms with Gasteiger partial charge in [-0.2, -0.15) is 0 Å². The molecule has 3 nitrogen and oxygen atoms in total. The molecule has 3 aromatic carbocycles. The monoisotopic (exact) mass is 382 g/mol. The summed E-state index contributed by atoms with van der Waals surface area (Å²) in [5, 5.41) is 3.14. The van der Waals surface area contributed by atoms with E-state index in [1.165, 1.54) is 0 Å². The maximum Gasteiger partial charge on any atom is 1.00 e. The summed E-state index contributed by atoms with van der Waals surface area (Å²) in [4.78, 5) is -0.134. The van der Waals surface area contributed by atoms with Gasteiger partial charge in [0.1, 0.15) is 10.1 Å². The fourth-order valence-electron chi connectivity index (χ4n) is 2.64. The molecule has 0 heterocycles. The molecule has 5 heteroatoms. The molecule has 0 radical (unpaired) electrons. The van der Waals surface area contributed by atoms with Gasteiger partial charge in [-0.05, 0) is 40.3 Å². The van der Waals surface area contributed by atoms with Crippen LogP contribution in [0.15, 0.2) is 66.1 Å². The first-order valence-electron chi connectivity index (χ1n) is 6.52. The van der Waals surface area contributed by atoms with Gasteiger partial charge in [0.05, 0.1) is 4.90 Å². The van der Waals surface area contributed by atoms with Crippen molar-refractivity contribution in [2.75, 3.05) is 0 Å². The first kappa shape index (κ1) is 18.0. The van der Waals surface area contributed by atoms with E-state index in [2.05, 4.69) is 6.58 Å². The van der Waals surface area contributed by atoms with E-state index >= 15 is 0 Å². The Morgan fingerprint density at radius 2 is 1.64 bits per heavy atom. The Kier molecular flexibility index (Phi) is 5.75. The molecule has 0 atom stereocenters. The third kappa shape index (κ3) is 3.42. The first-order chi connectivity index (χ1) is 10.0. The van der Waals surface area contributed by atoms with Crippen LogP contribution in [0, 0.1) is 0 Å². The minimum atomic E-state index is -4.55. The molecule has 0 aliphatic carbocycles. The second kappa shape index (κ2) is 7.03. The summed E-state index contributed by atoms with van der Waals surface area (Å²) in [6, 6.07) is 14.9. The molecule has 106 valence electrons. The smallest absolute Gasteiger partial charge is 0.744 e. The molecule has 22 heavy (non-hydrogen) atoms. The van der Waals surface area contributed by atoms with Crippen LogP contribution in [0.1, 0.15) is 5.56 Å². The van der Waals surface area contributed by atoms with Crippen LogP contribution < -0.4 is 58.2 Å². The zero-order valence-electron chi connectivity index (χ0n) is 12.2. The summed E-state index contributed by atoms with van der Waals surface area (Å²) < 4.78 is 35.1. The topological polar surface area (TPSA) is 57.2 Å². The molecule has 0 N–H and O–H groups in total. The van der Waals surface area contributed by atoms with E-state index in [-0.39, 0.29) is 63.1 Å². The van der Waals surface area contributed by atoms with Crippen LogP contribution in [-0.4, -0.2) is 13.0 Å². The Balaban J connectivity index is 0.00000176. The van der Waals surface area contributed by atoms with Crippen LogP contribution in [0.3, 0.4) is 0 Å². The summed E-state index contributed by atoms with van der Waals surface area (Å²) in [5.41, 5.74) is 0.489. The predicted molar refractivity (Wildman–Crippen MR) is 83.3 cm³/mol. The average molecular weight is 383 g/mol. The molecule has 0 saturated heterocycles. The van der Waals surface area contributed by atoms with Gasteiger partial charge >= 0.3 is 58.2 Å². The quantitative estimate of drug-likeness (QED) is 0.379. The summed E-state index contributed by atoms with van der Waals surface area (Å²) in [5.74, 6) is 0. The Bertz CT molecular complexity index is 962. The van der Waals surface area contributed by atoms with Gasteiger partial charge < -0.3 is 4.55 Å². The Labute approximate surface area is 178 Å². The van der Waals surface area contributed by atoms with Crippen molar-refractivity contribution in [2.24, 2.45) is 0 Å². The van der Waals surface area contributed by atoms with Crippen molar-refractivity contribution in [2.45, 2.75) is 11.3 Å². The van der Waals surface area contributed by atoms with Crippen molar-refractivity contribution in [1.29, 1.82) is 0 Å². The number of rotatable bonds is 3. The molecule has 0 aliphatic rings. The second-order valence-electron chi connectivity index (χ2n) is 4.92. The van der Waals surface area contributed by atoms with Crippen molar-refractivity contribution in [3.05, 3.63) is 66.7 Å². The zero-order chi connectivity index (χ0) is 15.0. The van der Waals surface area contributed by atoms with Crippen molar-refractivity contribution in [1.82, 2.24) is 0 Å². The summed E-state index contributed by atoms with van der Waals surface area (Å²) in [6.45, 7) is 3.61. The molecule has 0 fully saturated rings. The van der Waals surface area contributed by atoms with Crippen LogP contribution in [0.4, 0.5) is 0 Å². The van der Waals surface area contributed by atoms with Crippen molar-refractivity contribution in [3.8, 4) is 0 Å². The Morgan fingerprint density at radius 3 is 2.23 bits per heavy atom. The minimum Gasteiger partial charge on any atom is -0.744 e. The van der Waals surface area contributed by atoms with Crippen LogP contribution in [0.2, 0.25) is 0 Å². The van der Waals surface area contributed by atoms with Crippen LogP contribution in [-0.2, 0) is 16.5 Å². The molecule has 0 saturated carbocycles. The third-order valence-electron chi connectivity index (χ3n) is 3.53. The van der Waals surface area contributed by atoms with Gasteiger partial charge in [-0.1, -0.05) is 42.5 Å². The number of allylic oxidation sites excluding steroid dienone is 1. The SMILES string of the molecule is C=CCc1ccc2cc3ccccc3cc2c1S(=O)(=O)[O-].[Rb+]. The first-order valence-corrected chi connectivity index (χ1v) is 7.93. The average Bonchev–Trinajstić information content (AvgIpc) is 2.44. The molecular formula is C17H13O3RbS.